The minimum atomic E-state index is -0.960. The Labute approximate surface area is 115 Å². The van der Waals surface area contributed by atoms with Crippen molar-refractivity contribution in [2.45, 2.75) is 0 Å². The van der Waals surface area contributed by atoms with Crippen molar-refractivity contribution in [1.82, 2.24) is 0 Å². The highest BCUT2D eigenvalue weighted by atomic mass is 16.7. The summed E-state index contributed by atoms with van der Waals surface area (Å²) in [4.78, 5) is 10.5. The van der Waals surface area contributed by atoms with E-state index in [1.54, 1.807) is 6.08 Å². The van der Waals surface area contributed by atoms with Crippen LogP contribution in [0.1, 0.15) is 5.56 Å². The molecule has 20 heavy (non-hydrogen) atoms. The Balaban J connectivity index is 1.94. The zero-order valence-corrected chi connectivity index (χ0v) is 10.6. The highest BCUT2D eigenvalue weighted by molar-refractivity contribution is 5.85. The summed E-state index contributed by atoms with van der Waals surface area (Å²) >= 11 is 0. The lowest BCUT2D eigenvalue weighted by Gasteiger charge is -2.04. The molecular weight excluding hydrogens is 256 g/mol. The van der Waals surface area contributed by atoms with Crippen LogP contribution in [0.25, 0.3) is 17.2 Å². The van der Waals surface area contributed by atoms with Crippen LogP contribution in [0.3, 0.4) is 0 Å². The Morgan fingerprint density at radius 3 is 2.70 bits per heavy atom. The molecule has 0 saturated heterocycles. The fraction of sp³-hybridized carbons (Fsp3) is 0.0625. The quantitative estimate of drug-likeness (QED) is 0.869. The van der Waals surface area contributed by atoms with Crippen molar-refractivity contribution in [2.75, 3.05) is 6.79 Å². The third-order valence-electron chi connectivity index (χ3n) is 3.01. The molecular formula is C16H12O4. The number of fused-ring (bicyclic) bond motifs is 1. The van der Waals surface area contributed by atoms with Crippen LogP contribution >= 0.6 is 0 Å². The summed E-state index contributed by atoms with van der Waals surface area (Å²) in [5.41, 5.74) is 2.83. The molecule has 0 saturated carbocycles. The van der Waals surface area contributed by atoms with Gasteiger partial charge in [-0.2, -0.15) is 0 Å². The summed E-state index contributed by atoms with van der Waals surface area (Å²) in [5, 5.41) is 8.65. The van der Waals surface area contributed by atoms with Crippen LogP contribution < -0.4 is 9.47 Å². The first-order chi connectivity index (χ1) is 9.72. The maximum Gasteiger partial charge on any atom is 0.328 e. The molecule has 2 aromatic rings. The Bertz CT molecular complexity index is 689. The summed E-state index contributed by atoms with van der Waals surface area (Å²) in [5.74, 6) is 0.517. The normalized spacial score (nSPS) is 12.8. The summed E-state index contributed by atoms with van der Waals surface area (Å²) in [6.07, 6.45) is 2.69. The number of hydrogen-bond donors (Lipinski definition) is 1. The Morgan fingerprint density at radius 1 is 1.05 bits per heavy atom. The van der Waals surface area contributed by atoms with E-state index in [0.29, 0.717) is 0 Å². The van der Waals surface area contributed by atoms with Crippen LogP contribution in [-0.4, -0.2) is 17.9 Å². The molecule has 0 atom stereocenters. The van der Waals surface area contributed by atoms with Crippen molar-refractivity contribution in [3.05, 3.63) is 54.1 Å². The van der Waals surface area contributed by atoms with Gasteiger partial charge in [-0.15, -0.1) is 0 Å². The van der Waals surface area contributed by atoms with Crippen molar-refractivity contribution in [2.24, 2.45) is 0 Å². The smallest absolute Gasteiger partial charge is 0.328 e. The largest absolute Gasteiger partial charge is 0.478 e. The van der Waals surface area contributed by atoms with Gasteiger partial charge in [0.2, 0.25) is 6.79 Å². The molecule has 1 N–H and O–H groups in total. The minimum absolute atomic E-state index is 0.250. The van der Waals surface area contributed by atoms with E-state index >= 15 is 0 Å². The number of ether oxygens (including phenoxy) is 2. The van der Waals surface area contributed by atoms with Crippen molar-refractivity contribution < 1.29 is 19.4 Å². The van der Waals surface area contributed by atoms with E-state index in [-0.39, 0.29) is 6.79 Å². The van der Waals surface area contributed by atoms with E-state index in [9.17, 15) is 4.79 Å². The lowest BCUT2D eigenvalue weighted by Crippen LogP contribution is -1.92. The molecule has 0 radical (unpaired) electrons. The second kappa shape index (κ2) is 5.09. The Kier molecular flexibility index (Phi) is 3.13. The topological polar surface area (TPSA) is 55.8 Å². The van der Waals surface area contributed by atoms with Gasteiger partial charge in [-0.25, -0.2) is 4.79 Å². The highest BCUT2D eigenvalue weighted by Crippen LogP contribution is 2.36. The fourth-order valence-electron chi connectivity index (χ4n) is 2.07. The van der Waals surface area contributed by atoms with Gasteiger partial charge in [-0.1, -0.05) is 24.3 Å². The number of carbonyl (C=O) groups is 1. The first-order valence-electron chi connectivity index (χ1n) is 6.13. The molecule has 0 amide bonds. The van der Waals surface area contributed by atoms with Crippen LogP contribution in [0.4, 0.5) is 0 Å². The lowest BCUT2D eigenvalue weighted by atomic mass is 10.0. The minimum Gasteiger partial charge on any atom is -0.478 e. The number of aliphatic carboxylic acids is 1. The van der Waals surface area contributed by atoms with E-state index in [1.807, 2.05) is 42.5 Å². The van der Waals surface area contributed by atoms with Gasteiger partial charge in [0.05, 0.1) is 0 Å². The molecule has 4 heteroatoms. The number of carboxylic acid groups (broad SMARTS) is 1. The van der Waals surface area contributed by atoms with Gasteiger partial charge in [0.25, 0.3) is 0 Å². The molecule has 1 heterocycles. The maximum absolute atomic E-state index is 10.5. The van der Waals surface area contributed by atoms with Crippen molar-refractivity contribution in [3.63, 3.8) is 0 Å². The second-order valence-electron chi connectivity index (χ2n) is 4.37. The van der Waals surface area contributed by atoms with Gasteiger partial charge in [0, 0.05) is 6.08 Å². The van der Waals surface area contributed by atoms with Crippen molar-refractivity contribution in [3.8, 4) is 22.6 Å². The van der Waals surface area contributed by atoms with Crippen LogP contribution in [-0.2, 0) is 4.79 Å². The third-order valence-corrected chi connectivity index (χ3v) is 3.01. The third kappa shape index (κ3) is 2.49. The lowest BCUT2D eigenvalue weighted by molar-refractivity contribution is -0.131. The monoisotopic (exact) mass is 268 g/mol. The number of hydrogen-bond acceptors (Lipinski definition) is 3. The van der Waals surface area contributed by atoms with Crippen molar-refractivity contribution in [1.29, 1.82) is 0 Å². The van der Waals surface area contributed by atoms with E-state index in [2.05, 4.69) is 0 Å². The van der Waals surface area contributed by atoms with Crippen LogP contribution in [0.2, 0.25) is 0 Å². The Hall–Kier alpha value is -2.75. The van der Waals surface area contributed by atoms with E-state index in [0.717, 1.165) is 34.3 Å². The molecule has 0 aromatic heterocycles. The van der Waals surface area contributed by atoms with E-state index in [4.69, 9.17) is 14.6 Å². The molecule has 1 aliphatic rings. The standard InChI is InChI=1S/C16H12O4/c17-16(18)7-4-11-2-1-3-12(8-11)13-5-6-14-15(9-13)20-10-19-14/h1-9H,10H2,(H,17,18). The number of benzene rings is 2. The molecule has 1 aliphatic heterocycles. The number of rotatable bonds is 3. The van der Waals surface area contributed by atoms with E-state index < -0.39 is 5.97 Å². The number of carboxylic acids is 1. The molecule has 0 aliphatic carbocycles. The van der Waals surface area contributed by atoms with Gasteiger partial charge >= 0.3 is 5.97 Å². The Morgan fingerprint density at radius 2 is 1.85 bits per heavy atom. The van der Waals surface area contributed by atoms with Gasteiger partial charge in [0.1, 0.15) is 0 Å². The molecule has 4 nitrogen and oxygen atoms in total. The summed E-state index contributed by atoms with van der Waals surface area (Å²) in [6, 6.07) is 13.4. The van der Waals surface area contributed by atoms with Crippen LogP contribution in [0.15, 0.2) is 48.5 Å². The molecule has 3 rings (SSSR count). The zero-order chi connectivity index (χ0) is 13.9. The summed E-state index contributed by atoms with van der Waals surface area (Å²) in [7, 11) is 0. The van der Waals surface area contributed by atoms with Crippen LogP contribution in [0.5, 0.6) is 11.5 Å². The first kappa shape index (κ1) is 12.3. The molecule has 2 aromatic carbocycles. The second-order valence-corrected chi connectivity index (χ2v) is 4.37. The summed E-state index contributed by atoms with van der Waals surface area (Å²) in [6.45, 7) is 0.250. The predicted molar refractivity (Wildman–Crippen MR) is 74.7 cm³/mol. The average Bonchev–Trinajstić information content (AvgIpc) is 2.93. The molecule has 0 fully saturated rings. The highest BCUT2D eigenvalue weighted by Gasteiger charge is 2.13. The van der Waals surface area contributed by atoms with Gasteiger partial charge in [-0.05, 0) is 41.0 Å². The van der Waals surface area contributed by atoms with Gasteiger partial charge in [-0.3, -0.25) is 0 Å². The van der Waals surface area contributed by atoms with E-state index in [1.165, 1.54) is 0 Å². The van der Waals surface area contributed by atoms with Gasteiger partial charge < -0.3 is 14.6 Å². The SMILES string of the molecule is O=C(O)C=Cc1cccc(-c2ccc3c(c2)OCO3)c1. The molecule has 0 bridgehead atoms. The molecule has 0 unspecified atom stereocenters. The predicted octanol–water partition coefficient (Wildman–Crippen LogP) is 3.18. The molecule has 0 spiro atoms. The van der Waals surface area contributed by atoms with Crippen LogP contribution in [0, 0.1) is 0 Å². The van der Waals surface area contributed by atoms with Gasteiger partial charge in [0.15, 0.2) is 11.5 Å². The maximum atomic E-state index is 10.5. The molecule has 100 valence electrons. The summed E-state index contributed by atoms with van der Waals surface area (Å²) < 4.78 is 10.6. The fourth-order valence-corrected chi connectivity index (χ4v) is 2.07. The zero-order valence-electron chi connectivity index (χ0n) is 10.6. The first-order valence-corrected chi connectivity index (χ1v) is 6.13. The van der Waals surface area contributed by atoms with Crippen molar-refractivity contribution >= 4 is 12.0 Å². The average molecular weight is 268 g/mol.